The van der Waals surface area contributed by atoms with Crippen LogP contribution in [0.3, 0.4) is 0 Å². The number of aliphatic hydroxyl groups is 1. The van der Waals surface area contributed by atoms with Crippen molar-refractivity contribution < 1.29 is 19.7 Å². The maximum absolute atomic E-state index is 10.4. The van der Waals surface area contributed by atoms with Gasteiger partial charge in [-0.15, -0.1) is 0 Å². The van der Waals surface area contributed by atoms with Crippen LogP contribution in [0, 0.1) is 0 Å². The summed E-state index contributed by atoms with van der Waals surface area (Å²) in [6, 6.07) is 0. The summed E-state index contributed by atoms with van der Waals surface area (Å²) in [6.45, 7) is 2.87. The largest absolute Gasteiger partial charge is 0.433 e. The molecule has 1 unspecified atom stereocenters. The Kier molecular flexibility index (Phi) is 5.42. The molecule has 11 heavy (non-hydrogen) atoms. The molecule has 63 valence electrons. The molecular weight excluding hydrogens is 148 g/mol. The molecule has 0 aromatic carbocycles. The van der Waals surface area contributed by atoms with E-state index in [4.69, 9.17) is 5.11 Å². The first-order valence-corrected chi connectivity index (χ1v) is 3.30. The van der Waals surface area contributed by atoms with E-state index >= 15 is 0 Å². The van der Waals surface area contributed by atoms with Gasteiger partial charge in [-0.05, 0) is 6.42 Å². The van der Waals surface area contributed by atoms with Crippen LogP contribution in [0.1, 0.15) is 12.8 Å². The van der Waals surface area contributed by atoms with Crippen molar-refractivity contribution in [3.05, 3.63) is 12.7 Å². The predicted molar refractivity (Wildman–Crippen MR) is 37.1 cm³/mol. The Morgan fingerprint density at radius 2 is 2.36 bits per heavy atom. The topological polar surface area (TPSA) is 66.4 Å². The van der Waals surface area contributed by atoms with E-state index in [9.17, 15) is 9.90 Å². The lowest BCUT2D eigenvalue weighted by Gasteiger charge is -2.08. The third kappa shape index (κ3) is 5.57. The van der Waals surface area contributed by atoms with Crippen molar-refractivity contribution in [2.24, 2.45) is 0 Å². The highest BCUT2D eigenvalue weighted by molar-refractivity contribution is 5.81. The van der Waals surface area contributed by atoms with Crippen LogP contribution in [0.2, 0.25) is 0 Å². The van der Waals surface area contributed by atoms with E-state index in [-0.39, 0.29) is 13.0 Å². The third-order valence-corrected chi connectivity index (χ3v) is 1.01. The molecule has 0 heterocycles. The van der Waals surface area contributed by atoms with Crippen LogP contribution < -0.4 is 0 Å². The zero-order chi connectivity index (χ0) is 8.69. The Labute approximate surface area is 65.1 Å². The van der Waals surface area contributed by atoms with Crippen molar-refractivity contribution in [2.75, 3.05) is 6.61 Å². The molecule has 1 N–H and O–H groups in total. The number of carbonyl (C=O) groups excluding carboxylic acids is 1. The van der Waals surface area contributed by atoms with Crippen molar-refractivity contribution in [3.8, 4) is 0 Å². The van der Waals surface area contributed by atoms with Crippen molar-refractivity contribution >= 4 is 5.97 Å². The normalized spacial score (nSPS) is 12.2. The molecular formula is C7H11O4. The Hall–Kier alpha value is -0.870. The molecule has 0 aliphatic heterocycles. The molecule has 0 spiro atoms. The van der Waals surface area contributed by atoms with E-state index < -0.39 is 12.3 Å². The zero-order valence-corrected chi connectivity index (χ0v) is 6.16. The summed E-state index contributed by atoms with van der Waals surface area (Å²) in [5.74, 6) is -0.677. The zero-order valence-electron chi connectivity index (χ0n) is 6.16. The van der Waals surface area contributed by atoms with Gasteiger partial charge in [-0.3, -0.25) is 0 Å². The Morgan fingerprint density at radius 3 is 2.82 bits per heavy atom. The highest BCUT2D eigenvalue weighted by atomic mass is 16.6. The highest BCUT2D eigenvalue weighted by Crippen LogP contribution is 1.98. The molecule has 4 heteroatoms. The van der Waals surface area contributed by atoms with E-state index in [2.05, 4.69) is 11.3 Å². The molecule has 0 aliphatic carbocycles. The number of ether oxygens (including phenoxy) is 1. The maximum atomic E-state index is 10.4. The SMILES string of the molecule is C=CC(=O)OC(O)CCC[O]. The molecule has 0 amide bonds. The van der Waals surface area contributed by atoms with Crippen molar-refractivity contribution in [1.29, 1.82) is 0 Å². The minimum atomic E-state index is -1.17. The predicted octanol–water partition coefficient (Wildman–Crippen LogP) is 0.245. The smallest absolute Gasteiger partial charge is 0.332 e. The van der Waals surface area contributed by atoms with E-state index in [1.54, 1.807) is 0 Å². The van der Waals surface area contributed by atoms with Crippen LogP contribution >= 0.6 is 0 Å². The maximum Gasteiger partial charge on any atom is 0.332 e. The summed E-state index contributed by atoms with van der Waals surface area (Å²) in [7, 11) is 0. The van der Waals surface area contributed by atoms with Crippen molar-refractivity contribution in [3.63, 3.8) is 0 Å². The first kappa shape index (κ1) is 10.1. The lowest BCUT2D eigenvalue weighted by molar-refractivity contribution is -0.162. The minimum absolute atomic E-state index is 0.184. The van der Waals surface area contributed by atoms with Crippen LogP contribution in [0.25, 0.3) is 0 Å². The molecule has 0 bridgehead atoms. The van der Waals surface area contributed by atoms with Gasteiger partial charge in [-0.1, -0.05) is 6.58 Å². The van der Waals surface area contributed by atoms with Gasteiger partial charge >= 0.3 is 5.97 Å². The number of hydrogen-bond acceptors (Lipinski definition) is 3. The second kappa shape index (κ2) is 5.88. The fourth-order valence-corrected chi connectivity index (χ4v) is 0.499. The number of aliphatic hydroxyl groups excluding tert-OH is 1. The molecule has 0 saturated carbocycles. The number of hydrogen-bond donors (Lipinski definition) is 1. The van der Waals surface area contributed by atoms with Gasteiger partial charge in [0.15, 0.2) is 0 Å². The van der Waals surface area contributed by atoms with Crippen molar-refractivity contribution in [1.82, 2.24) is 0 Å². The second-order valence-corrected chi connectivity index (χ2v) is 1.94. The van der Waals surface area contributed by atoms with Crippen molar-refractivity contribution in [2.45, 2.75) is 19.1 Å². The Morgan fingerprint density at radius 1 is 1.73 bits per heavy atom. The molecule has 0 aliphatic rings. The summed E-state index contributed by atoms with van der Waals surface area (Å²) in [5.41, 5.74) is 0. The number of rotatable bonds is 5. The monoisotopic (exact) mass is 159 g/mol. The number of esters is 1. The molecule has 4 nitrogen and oxygen atoms in total. The molecule has 0 rings (SSSR count). The van der Waals surface area contributed by atoms with Crippen LogP contribution in [-0.4, -0.2) is 24.0 Å². The summed E-state index contributed by atoms with van der Waals surface area (Å²) in [6.07, 6.45) is 0.268. The van der Waals surface area contributed by atoms with Gasteiger partial charge in [-0.25, -0.2) is 9.90 Å². The minimum Gasteiger partial charge on any atom is -0.433 e. The fraction of sp³-hybridized carbons (Fsp3) is 0.571. The van der Waals surface area contributed by atoms with Crippen LogP contribution in [-0.2, 0) is 14.6 Å². The third-order valence-electron chi connectivity index (χ3n) is 1.01. The standard InChI is InChI=1S/C7H11O4/c1-2-6(9)11-7(10)4-3-5-8/h2,7,10H,1,3-5H2. The van der Waals surface area contributed by atoms with Gasteiger partial charge in [-0.2, -0.15) is 0 Å². The van der Waals surface area contributed by atoms with Crippen LogP contribution in [0.15, 0.2) is 12.7 Å². The molecule has 0 aromatic rings. The molecule has 0 aromatic heterocycles. The van der Waals surface area contributed by atoms with E-state index in [1.807, 2.05) is 0 Å². The first-order valence-electron chi connectivity index (χ1n) is 3.30. The average molecular weight is 159 g/mol. The summed E-state index contributed by atoms with van der Waals surface area (Å²) in [4.78, 5) is 10.4. The van der Waals surface area contributed by atoms with E-state index in [0.29, 0.717) is 6.42 Å². The first-order chi connectivity index (χ1) is 5.20. The lowest BCUT2D eigenvalue weighted by Crippen LogP contribution is -2.15. The van der Waals surface area contributed by atoms with E-state index in [1.165, 1.54) is 0 Å². The second-order valence-electron chi connectivity index (χ2n) is 1.94. The van der Waals surface area contributed by atoms with Gasteiger partial charge in [0, 0.05) is 12.5 Å². The average Bonchev–Trinajstić information content (AvgIpc) is 2.00. The lowest BCUT2D eigenvalue weighted by atomic mass is 10.3. The molecule has 0 fully saturated rings. The fourth-order valence-electron chi connectivity index (χ4n) is 0.499. The summed E-state index contributed by atoms with van der Waals surface area (Å²) < 4.78 is 4.36. The van der Waals surface area contributed by atoms with Gasteiger partial charge in [0.1, 0.15) is 0 Å². The van der Waals surface area contributed by atoms with Gasteiger partial charge in [0.25, 0.3) is 0 Å². The quantitative estimate of drug-likeness (QED) is 0.355. The van der Waals surface area contributed by atoms with Gasteiger partial charge in [0.05, 0.1) is 6.61 Å². The number of carbonyl (C=O) groups is 1. The molecule has 1 radical (unpaired) electrons. The highest BCUT2D eigenvalue weighted by Gasteiger charge is 2.06. The molecule has 0 saturated heterocycles. The Balaban J connectivity index is 3.43. The van der Waals surface area contributed by atoms with E-state index in [0.717, 1.165) is 6.08 Å². The van der Waals surface area contributed by atoms with Crippen LogP contribution in [0.4, 0.5) is 0 Å². The van der Waals surface area contributed by atoms with Crippen LogP contribution in [0.5, 0.6) is 0 Å². The summed E-state index contributed by atoms with van der Waals surface area (Å²) >= 11 is 0. The van der Waals surface area contributed by atoms with Gasteiger partial charge in [0.2, 0.25) is 6.29 Å². The van der Waals surface area contributed by atoms with Gasteiger partial charge < -0.3 is 9.84 Å². The molecule has 1 atom stereocenters. The summed E-state index contributed by atoms with van der Waals surface area (Å²) in [5, 5.41) is 18.8. The Bertz CT molecular complexity index is 132.